The van der Waals surface area contributed by atoms with E-state index in [1.807, 2.05) is 19.1 Å². The summed E-state index contributed by atoms with van der Waals surface area (Å²) < 4.78 is 4.66. The first-order valence-electron chi connectivity index (χ1n) is 5.08. The molecule has 5 heteroatoms. The SMILES string of the molecule is COC(=O)N(CC(=O)CBr)c1ccc(C)cc1. The molecule has 0 aliphatic heterocycles. The minimum Gasteiger partial charge on any atom is -0.452 e. The summed E-state index contributed by atoms with van der Waals surface area (Å²) in [6, 6.07) is 7.33. The maximum Gasteiger partial charge on any atom is 0.414 e. The van der Waals surface area contributed by atoms with Crippen molar-refractivity contribution in [2.24, 2.45) is 0 Å². The van der Waals surface area contributed by atoms with E-state index in [0.717, 1.165) is 5.56 Å². The minimum atomic E-state index is -0.539. The lowest BCUT2D eigenvalue weighted by Crippen LogP contribution is -2.36. The molecule has 1 aromatic carbocycles. The van der Waals surface area contributed by atoms with Crippen molar-refractivity contribution in [2.45, 2.75) is 6.92 Å². The first-order chi connectivity index (χ1) is 8.08. The van der Waals surface area contributed by atoms with Gasteiger partial charge in [0.05, 0.1) is 19.0 Å². The van der Waals surface area contributed by atoms with Gasteiger partial charge >= 0.3 is 6.09 Å². The normalized spacial score (nSPS) is 9.82. The number of hydrogen-bond acceptors (Lipinski definition) is 3. The molecule has 0 heterocycles. The second kappa shape index (κ2) is 6.39. The minimum absolute atomic E-state index is 0.000976. The zero-order valence-electron chi connectivity index (χ0n) is 9.77. The third-order valence-electron chi connectivity index (χ3n) is 2.22. The van der Waals surface area contributed by atoms with Crippen molar-refractivity contribution >= 4 is 33.5 Å². The summed E-state index contributed by atoms with van der Waals surface area (Å²) in [5, 5.41) is 0.215. The van der Waals surface area contributed by atoms with Crippen LogP contribution in [0.15, 0.2) is 24.3 Å². The molecule has 0 fully saturated rings. The van der Waals surface area contributed by atoms with E-state index >= 15 is 0 Å². The Morgan fingerprint density at radius 1 is 1.29 bits per heavy atom. The maximum absolute atomic E-state index is 11.6. The number of ether oxygens (including phenoxy) is 1. The lowest BCUT2D eigenvalue weighted by molar-refractivity contribution is -0.115. The predicted octanol–water partition coefficient (Wildman–Crippen LogP) is 2.53. The highest BCUT2D eigenvalue weighted by atomic mass is 79.9. The Morgan fingerprint density at radius 2 is 1.88 bits per heavy atom. The van der Waals surface area contributed by atoms with Crippen molar-refractivity contribution in [2.75, 3.05) is 23.9 Å². The highest BCUT2D eigenvalue weighted by Gasteiger charge is 2.18. The molecule has 4 nitrogen and oxygen atoms in total. The molecule has 1 rings (SSSR count). The summed E-state index contributed by atoms with van der Waals surface area (Å²) in [6.45, 7) is 1.96. The van der Waals surface area contributed by atoms with Crippen molar-refractivity contribution in [3.05, 3.63) is 29.8 Å². The van der Waals surface area contributed by atoms with Crippen LogP contribution in [-0.4, -0.2) is 30.9 Å². The zero-order chi connectivity index (χ0) is 12.8. The van der Waals surface area contributed by atoms with Gasteiger partial charge in [-0.15, -0.1) is 0 Å². The average molecular weight is 300 g/mol. The molecule has 0 saturated carbocycles. The molecule has 0 radical (unpaired) electrons. The number of halogens is 1. The number of ketones is 1. The van der Waals surface area contributed by atoms with Gasteiger partial charge in [-0.25, -0.2) is 4.79 Å². The van der Waals surface area contributed by atoms with Crippen LogP contribution in [0.2, 0.25) is 0 Å². The Morgan fingerprint density at radius 3 is 2.35 bits per heavy atom. The standard InChI is InChI=1S/C12H14BrNO3/c1-9-3-5-10(6-4-9)14(12(16)17-2)8-11(15)7-13/h3-6H,7-8H2,1-2H3. The van der Waals surface area contributed by atoms with Crippen molar-refractivity contribution in [1.29, 1.82) is 0 Å². The molecule has 0 N–H and O–H groups in total. The Hall–Kier alpha value is -1.36. The fourth-order valence-corrected chi connectivity index (χ4v) is 1.49. The van der Waals surface area contributed by atoms with Gasteiger partial charge in [0.15, 0.2) is 5.78 Å². The van der Waals surface area contributed by atoms with Crippen LogP contribution in [0.25, 0.3) is 0 Å². The summed E-state index contributed by atoms with van der Waals surface area (Å²) in [5.74, 6) is -0.0871. The number of benzene rings is 1. The molecular weight excluding hydrogens is 286 g/mol. The second-order valence-corrected chi connectivity index (χ2v) is 4.12. The number of rotatable bonds is 4. The topological polar surface area (TPSA) is 46.6 Å². The third-order valence-corrected chi connectivity index (χ3v) is 2.85. The summed E-state index contributed by atoms with van der Waals surface area (Å²) in [4.78, 5) is 24.3. The maximum atomic E-state index is 11.6. The van der Waals surface area contributed by atoms with Crippen molar-refractivity contribution < 1.29 is 14.3 Å². The van der Waals surface area contributed by atoms with Crippen LogP contribution in [-0.2, 0) is 9.53 Å². The zero-order valence-corrected chi connectivity index (χ0v) is 11.4. The Kier molecular flexibility index (Phi) is 5.15. The molecule has 0 aliphatic carbocycles. The van der Waals surface area contributed by atoms with Gasteiger partial charge in [-0.2, -0.15) is 0 Å². The van der Waals surface area contributed by atoms with Gasteiger partial charge in [-0.05, 0) is 19.1 Å². The van der Waals surface area contributed by atoms with E-state index in [0.29, 0.717) is 5.69 Å². The first kappa shape index (κ1) is 13.7. The van der Waals surface area contributed by atoms with E-state index < -0.39 is 6.09 Å². The molecule has 0 unspecified atom stereocenters. The molecule has 92 valence electrons. The molecule has 0 atom stereocenters. The van der Waals surface area contributed by atoms with Crippen LogP contribution >= 0.6 is 15.9 Å². The van der Waals surface area contributed by atoms with E-state index in [4.69, 9.17) is 0 Å². The monoisotopic (exact) mass is 299 g/mol. The average Bonchev–Trinajstić information content (AvgIpc) is 2.36. The molecule has 0 aromatic heterocycles. The smallest absolute Gasteiger partial charge is 0.414 e. The van der Waals surface area contributed by atoms with Gasteiger partial charge in [0.1, 0.15) is 0 Å². The summed E-state index contributed by atoms with van der Waals surface area (Å²) in [6.07, 6.45) is -0.539. The predicted molar refractivity (Wildman–Crippen MR) is 69.7 cm³/mol. The van der Waals surface area contributed by atoms with Crippen LogP contribution < -0.4 is 4.90 Å². The largest absolute Gasteiger partial charge is 0.452 e. The first-order valence-corrected chi connectivity index (χ1v) is 6.20. The fraction of sp³-hybridized carbons (Fsp3) is 0.333. The van der Waals surface area contributed by atoms with Gasteiger partial charge < -0.3 is 4.74 Å². The number of anilines is 1. The van der Waals surface area contributed by atoms with E-state index in [-0.39, 0.29) is 17.7 Å². The van der Waals surface area contributed by atoms with Crippen LogP contribution in [0.4, 0.5) is 10.5 Å². The molecule has 17 heavy (non-hydrogen) atoms. The van der Waals surface area contributed by atoms with Crippen molar-refractivity contribution in [1.82, 2.24) is 0 Å². The number of hydrogen-bond donors (Lipinski definition) is 0. The van der Waals surface area contributed by atoms with E-state index in [1.165, 1.54) is 12.0 Å². The molecule has 0 spiro atoms. The molecule has 1 amide bonds. The fourth-order valence-electron chi connectivity index (χ4n) is 1.31. The molecule has 0 bridgehead atoms. The van der Waals surface area contributed by atoms with Crippen molar-refractivity contribution in [3.63, 3.8) is 0 Å². The number of aryl methyl sites for hydroxylation is 1. The number of carbonyl (C=O) groups is 2. The summed E-state index contributed by atoms with van der Waals surface area (Å²) in [7, 11) is 1.29. The Balaban J connectivity index is 2.93. The van der Waals surface area contributed by atoms with Gasteiger partial charge in [0.2, 0.25) is 0 Å². The number of amides is 1. The number of alkyl halides is 1. The van der Waals surface area contributed by atoms with Crippen LogP contribution in [0, 0.1) is 6.92 Å². The van der Waals surface area contributed by atoms with Gasteiger partial charge in [0.25, 0.3) is 0 Å². The van der Waals surface area contributed by atoms with E-state index in [9.17, 15) is 9.59 Å². The van der Waals surface area contributed by atoms with Gasteiger partial charge in [-0.1, -0.05) is 33.6 Å². The van der Waals surface area contributed by atoms with E-state index in [2.05, 4.69) is 20.7 Å². The molecular formula is C12H14BrNO3. The summed E-state index contributed by atoms with van der Waals surface area (Å²) in [5.41, 5.74) is 1.74. The molecule has 0 aliphatic rings. The number of Topliss-reactive ketones (excluding diaryl/α,β-unsaturated/α-hetero) is 1. The van der Waals surface area contributed by atoms with Crippen LogP contribution in [0.5, 0.6) is 0 Å². The third kappa shape index (κ3) is 3.85. The lowest BCUT2D eigenvalue weighted by Gasteiger charge is -2.20. The Labute approximate surface area is 109 Å². The lowest BCUT2D eigenvalue weighted by atomic mass is 10.2. The van der Waals surface area contributed by atoms with E-state index in [1.54, 1.807) is 12.1 Å². The number of carbonyl (C=O) groups excluding carboxylic acids is 2. The van der Waals surface area contributed by atoms with Gasteiger partial charge in [0, 0.05) is 5.69 Å². The quantitative estimate of drug-likeness (QED) is 0.803. The summed E-state index contributed by atoms with van der Waals surface area (Å²) >= 11 is 3.07. The second-order valence-electron chi connectivity index (χ2n) is 3.56. The van der Waals surface area contributed by atoms with Gasteiger partial charge in [-0.3, -0.25) is 9.69 Å². The highest BCUT2D eigenvalue weighted by molar-refractivity contribution is 9.09. The number of methoxy groups -OCH3 is 1. The molecule has 0 saturated heterocycles. The highest BCUT2D eigenvalue weighted by Crippen LogP contribution is 2.16. The van der Waals surface area contributed by atoms with Crippen LogP contribution in [0.1, 0.15) is 5.56 Å². The molecule has 1 aromatic rings. The number of nitrogens with zero attached hydrogens (tertiary/aromatic N) is 1. The Bertz CT molecular complexity index is 403. The van der Waals surface area contributed by atoms with Crippen molar-refractivity contribution in [3.8, 4) is 0 Å². The van der Waals surface area contributed by atoms with Crippen LogP contribution in [0.3, 0.4) is 0 Å².